The molecule has 1 unspecified atom stereocenters. The molecule has 0 radical (unpaired) electrons. The van der Waals surface area contributed by atoms with Gasteiger partial charge < -0.3 is 4.90 Å². The minimum Gasteiger partial charge on any atom is -0.330 e. The number of likely N-dealkylation sites (tertiary alicyclic amines) is 1. The van der Waals surface area contributed by atoms with Gasteiger partial charge in [-0.25, -0.2) is 4.98 Å². The Bertz CT molecular complexity index is 798. The first kappa shape index (κ1) is 14.5. The van der Waals surface area contributed by atoms with Crippen LogP contribution in [0.3, 0.4) is 0 Å². The number of hydrogen-bond acceptors (Lipinski definition) is 5. The number of aromatic nitrogens is 2. The molecule has 1 atom stereocenters. The highest BCUT2D eigenvalue weighted by Crippen LogP contribution is 2.34. The molecular weight excluding hydrogens is 326 g/mol. The van der Waals surface area contributed by atoms with E-state index >= 15 is 0 Å². The van der Waals surface area contributed by atoms with Crippen LogP contribution in [-0.4, -0.2) is 27.3 Å². The normalized spacial score (nSPS) is 17.6. The molecule has 1 amide bonds. The number of rotatable bonds is 3. The van der Waals surface area contributed by atoms with Gasteiger partial charge in [-0.2, -0.15) is 0 Å². The van der Waals surface area contributed by atoms with Crippen LogP contribution in [0.4, 0.5) is 0 Å². The maximum Gasteiger partial charge on any atom is 0.273 e. The first-order valence-corrected chi connectivity index (χ1v) is 9.29. The Morgan fingerprint density at radius 2 is 2.22 bits per heavy atom. The third-order valence-corrected chi connectivity index (χ3v) is 5.92. The van der Waals surface area contributed by atoms with Gasteiger partial charge in [-0.1, -0.05) is 12.1 Å². The van der Waals surface area contributed by atoms with E-state index < -0.39 is 0 Å². The van der Waals surface area contributed by atoms with Gasteiger partial charge in [-0.15, -0.1) is 22.7 Å². The topological polar surface area (TPSA) is 46.1 Å². The molecule has 23 heavy (non-hydrogen) atoms. The van der Waals surface area contributed by atoms with E-state index in [1.807, 2.05) is 46.1 Å². The van der Waals surface area contributed by atoms with Crippen molar-refractivity contribution in [3.8, 4) is 9.88 Å². The number of thiazole rings is 1. The predicted octanol–water partition coefficient (Wildman–Crippen LogP) is 4.24. The lowest BCUT2D eigenvalue weighted by molar-refractivity contribution is 0.0730. The fourth-order valence-corrected chi connectivity index (χ4v) is 4.57. The van der Waals surface area contributed by atoms with Gasteiger partial charge >= 0.3 is 0 Å². The quantitative estimate of drug-likeness (QED) is 0.716. The zero-order valence-electron chi connectivity index (χ0n) is 12.4. The van der Waals surface area contributed by atoms with Gasteiger partial charge in [-0.3, -0.25) is 9.78 Å². The molecular formula is C17H15N3OS2. The second-order valence-corrected chi connectivity index (χ2v) is 7.26. The fourth-order valence-electron chi connectivity index (χ4n) is 2.96. The van der Waals surface area contributed by atoms with E-state index in [-0.39, 0.29) is 11.9 Å². The molecule has 1 saturated heterocycles. The number of nitrogens with zero attached hydrogens (tertiary/aromatic N) is 3. The second-order valence-electron chi connectivity index (χ2n) is 5.46. The maximum absolute atomic E-state index is 12.9. The Morgan fingerprint density at radius 1 is 1.26 bits per heavy atom. The molecule has 0 bridgehead atoms. The van der Waals surface area contributed by atoms with Crippen molar-refractivity contribution in [3.63, 3.8) is 0 Å². The average molecular weight is 341 g/mol. The molecule has 0 aliphatic carbocycles. The first-order chi connectivity index (χ1) is 11.3. The van der Waals surface area contributed by atoms with Crippen molar-refractivity contribution in [1.82, 2.24) is 14.9 Å². The van der Waals surface area contributed by atoms with Crippen molar-refractivity contribution in [2.24, 2.45) is 0 Å². The van der Waals surface area contributed by atoms with Gasteiger partial charge in [0.2, 0.25) is 0 Å². The van der Waals surface area contributed by atoms with E-state index in [0.717, 1.165) is 34.8 Å². The molecule has 0 spiro atoms. The summed E-state index contributed by atoms with van der Waals surface area (Å²) in [5.41, 5.74) is 1.65. The largest absolute Gasteiger partial charge is 0.330 e. The summed E-state index contributed by atoms with van der Waals surface area (Å²) in [4.78, 5) is 24.6. The summed E-state index contributed by atoms with van der Waals surface area (Å²) < 4.78 is 0. The Balaban J connectivity index is 1.59. The molecule has 0 aromatic carbocycles. The van der Waals surface area contributed by atoms with Crippen molar-refractivity contribution in [2.45, 2.75) is 18.9 Å². The van der Waals surface area contributed by atoms with Crippen LogP contribution in [0.2, 0.25) is 0 Å². The zero-order valence-corrected chi connectivity index (χ0v) is 14.0. The Labute approximate surface area is 142 Å². The average Bonchev–Trinajstić information content (AvgIpc) is 3.35. The van der Waals surface area contributed by atoms with Crippen LogP contribution in [0, 0.1) is 0 Å². The molecule has 0 N–H and O–H groups in total. The SMILES string of the molecule is O=C(c1csc(-c2cccs2)n1)N1CCCC1c1cccnc1. The molecule has 1 fully saturated rings. The predicted molar refractivity (Wildman–Crippen MR) is 92.7 cm³/mol. The minimum absolute atomic E-state index is 0.0235. The van der Waals surface area contributed by atoms with E-state index in [4.69, 9.17) is 0 Å². The number of carbonyl (C=O) groups excluding carboxylic acids is 1. The smallest absolute Gasteiger partial charge is 0.273 e. The van der Waals surface area contributed by atoms with Crippen LogP contribution in [0.25, 0.3) is 9.88 Å². The third kappa shape index (κ3) is 2.80. The van der Waals surface area contributed by atoms with Crippen molar-refractivity contribution in [2.75, 3.05) is 6.54 Å². The van der Waals surface area contributed by atoms with Crippen LogP contribution in [-0.2, 0) is 0 Å². The van der Waals surface area contributed by atoms with Crippen LogP contribution in [0.15, 0.2) is 47.4 Å². The molecule has 3 aromatic rings. The highest BCUT2D eigenvalue weighted by atomic mass is 32.1. The number of hydrogen-bond donors (Lipinski definition) is 0. The third-order valence-electron chi connectivity index (χ3n) is 4.04. The molecule has 3 aromatic heterocycles. The van der Waals surface area contributed by atoms with E-state index in [2.05, 4.69) is 9.97 Å². The Morgan fingerprint density at radius 3 is 3.00 bits per heavy atom. The summed E-state index contributed by atoms with van der Waals surface area (Å²) in [5, 5.41) is 4.81. The molecule has 1 aliphatic heterocycles. The van der Waals surface area contributed by atoms with Crippen LogP contribution < -0.4 is 0 Å². The summed E-state index contributed by atoms with van der Waals surface area (Å²) in [6.45, 7) is 0.782. The van der Waals surface area contributed by atoms with E-state index in [1.54, 1.807) is 17.5 Å². The minimum atomic E-state index is 0.0235. The zero-order chi connectivity index (χ0) is 15.6. The van der Waals surface area contributed by atoms with Gasteiger partial charge in [0.15, 0.2) is 0 Å². The number of amides is 1. The summed E-state index contributed by atoms with van der Waals surface area (Å²) >= 11 is 3.18. The molecule has 6 heteroatoms. The molecule has 4 heterocycles. The monoisotopic (exact) mass is 341 g/mol. The molecule has 116 valence electrons. The number of pyridine rings is 1. The Kier molecular flexibility index (Phi) is 3.93. The van der Waals surface area contributed by atoms with Crippen LogP contribution in [0.1, 0.15) is 34.9 Å². The van der Waals surface area contributed by atoms with E-state index in [0.29, 0.717) is 5.69 Å². The summed E-state index contributed by atoms with van der Waals surface area (Å²) in [6.07, 6.45) is 5.62. The van der Waals surface area contributed by atoms with Gasteiger partial charge in [0.25, 0.3) is 5.91 Å². The molecule has 0 saturated carbocycles. The first-order valence-electron chi connectivity index (χ1n) is 7.53. The lowest BCUT2D eigenvalue weighted by atomic mass is 10.1. The maximum atomic E-state index is 12.9. The summed E-state index contributed by atoms with van der Waals surface area (Å²) in [5.74, 6) is 0.0235. The lowest BCUT2D eigenvalue weighted by Gasteiger charge is -2.24. The summed E-state index contributed by atoms with van der Waals surface area (Å²) in [6, 6.07) is 8.12. The molecule has 1 aliphatic rings. The Hall–Kier alpha value is -2.05. The van der Waals surface area contributed by atoms with Crippen molar-refractivity contribution in [3.05, 3.63) is 58.7 Å². The van der Waals surface area contributed by atoms with Crippen LogP contribution in [0.5, 0.6) is 0 Å². The lowest BCUT2D eigenvalue weighted by Crippen LogP contribution is -2.30. The second kappa shape index (κ2) is 6.22. The fraction of sp³-hybridized carbons (Fsp3) is 0.235. The van der Waals surface area contributed by atoms with Crippen molar-refractivity contribution in [1.29, 1.82) is 0 Å². The van der Waals surface area contributed by atoms with Gasteiger partial charge in [0.1, 0.15) is 10.7 Å². The number of thiophene rings is 1. The molecule has 4 rings (SSSR count). The van der Waals surface area contributed by atoms with E-state index in [1.165, 1.54) is 11.3 Å². The highest BCUT2D eigenvalue weighted by Gasteiger charge is 2.31. The van der Waals surface area contributed by atoms with E-state index in [9.17, 15) is 4.79 Å². The van der Waals surface area contributed by atoms with Gasteiger partial charge in [0.05, 0.1) is 10.9 Å². The molecule has 4 nitrogen and oxygen atoms in total. The van der Waals surface area contributed by atoms with Crippen molar-refractivity contribution < 1.29 is 4.79 Å². The number of carbonyl (C=O) groups is 1. The highest BCUT2D eigenvalue weighted by molar-refractivity contribution is 7.20. The van der Waals surface area contributed by atoms with Gasteiger partial charge in [-0.05, 0) is 35.9 Å². The van der Waals surface area contributed by atoms with Crippen LogP contribution >= 0.6 is 22.7 Å². The van der Waals surface area contributed by atoms with Gasteiger partial charge in [0, 0.05) is 24.3 Å². The summed E-state index contributed by atoms with van der Waals surface area (Å²) in [7, 11) is 0. The van der Waals surface area contributed by atoms with Crippen molar-refractivity contribution >= 4 is 28.6 Å². The standard InChI is InChI=1S/C17H15N3OS2/c21-17(13-11-23-16(19-13)15-6-3-9-22-15)20-8-2-5-14(20)12-4-1-7-18-10-12/h1,3-4,6-7,9-11,14H,2,5,8H2.